The number of nitrogens with zero attached hydrogens (tertiary/aromatic N) is 2. The molecule has 148 valence electrons. The van der Waals surface area contributed by atoms with Gasteiger partial charge in [0.1, 0.15) is 0 Å². The molecule has 2 saturated heterocycles. The van der Waals surface area contributed by atoms with Crippen molar-refractivity contribution in [3.8, 4) is 0 Å². The fourth-order valence-corrected chi connectivity index (χ4v) is 3.79. The van der Waals surface area contributed by atoms with E-state index < -0.39 is 0 Å². The van der Waals surface area contributed by atoms with E-state index in [0.29, 0.717) is 31.1 Å². The SMILES string of the molecule is CC1CCN(C(=O)NCc2ccc(C(=O)N3CC(C)OC(C)C3)cc2)CC1. The van der Waals surface area contributed by atoms with Crippen molar-refractivity contribution in [2.75, 3.05) is 26.2 Å². The maximum absolute atomic E-state index is 12.7. The maximum Gasteiger partial charge on any atom is 0.317 e. The molecule has 0 radical (unpaired) electrons. The summed E-state index contributed by atoms with van der Waals surface area (Å²) in [6, 6.07) is 7.52. The van der Waals surface area contributed by atoms with Crippen molar-refractivity contribution in [1.82, 2.24) is 15.1 Å². The molecule has 2 fully saturated rings. The maximum atomic E-state index is 12.7. The second kappa shape index (κ2) is 8.74. The molecule has 2 aliphatic rings. The molecule has 2 heterocycles. The first kappa shape index (κ1) is 19.7. The lowest BCUT2D eigenvalue weighted by Crippen LogP contribution is -2.48. The van der Waals surface area contributed by atoms with Crippen LogP contribution in [0.4, 0.5) is 4.79 Å². The molecule has 1 aromatic rings. The number of nitrogens with one attached hydrogen (secondary N) is 1. The topological polar surface area (TPSA) is 61.9 Å². The summed E-state index contributed by atoms with van der Waals surface area (Å²) in [7, 11) is 0. The molecule has 0 bridgehead atoms. The summed E-state index contributed by atoms with van der Waals surface area (Å²) in [5.74, 6) is 0.742. The van der Waals surface area contributed by atoms with E-state index in [1.54, 1.807) is 0 Å². The van der Waals surface area contributed by atoms with Crippen molar-refractivity contribution in [3.05, 3.63) is 35.4 Å². The van der Waals surface area contributed by atoms with Crippen LogP contribution in [0.15, 0.2) is 24.3 Å². The van der Waals surface area contributed by atoms with Crippen LogP contribution in [0.3, 0.4) is 0 Å². The first-order chi connectivity index (χ1) is 12.9. The van der Waals surface area contributed by atoms with Crippen molar-refractivity contribution in [2.45, 2.75) is 52.4 Å². The zero-order valence-corrected chi connectivity index (χ0v) is 16.6. The second-order valence-electron chi connectivity index (χ2n) is 7.99. The van der Waals surface area contributed by atoms with E-state index in [4.69, 9.17) is 4.74 Å². The van der Waals surface area contributed by atoms with E-state index in [0.717, 1.165) is 31.5 Å². The van der Waals surface area contributed by atoms with Crippen LogP contribution >= 0.6 is 0 Å². The number of likely N-dealkylation sites (tertiary alicyclic amines) is 1. The smallest absolute Gasteiger partial charge is 0.317 e. The zero-order chi connectivity index (χ0) is 19.4. The predicted molar refractivity (Wildman–Crippen MR) is 105 cm³/mol. The molecule has 0 spiro atoms. The minimum atomic E-state index is -0.00153. The Kier molecular flexibility index (Phi) is 6.37. The monoisotopic (exact) mass is 373 g/mol. The number of carbonyl (C=O) groups excluding carboxylic acids is 2. The third-order valence-corrected chi connectivity index (χ3v) is 5.42. The van der Waals surface area contributed by atoms with Gasteiger partial charge in [-0.05, 0) is 50.3 Å². The Hall–Kier alpha value is -2.08. The molecule has 0 aliphatic carbocycles. The molecular weight excluding hydrogens is 342 g/mol. The molecule has 3 rings (SSSR count). The van der Waals surface area contributed by atoms with Gasteiger partial charge >= 0.3 is 6.03 Å². The lowest BCUT2D eigenvalue weighted by molar-refractivity contribution is -0.0586. The van der Waals surface area contributed by atoms with E-state index in [1.807, 2.05) is 47.9 Å². The Morgan fingerprint density at radius 3 is 2.19 bits per heavy atom. The number of benzene rings is 1. The van der Waals surface area contributed by atoms with Gasteiger partial charge in [0.25, 0.3) is 5.91 Å². The number of hydrogen-bond donors (Lipinski definition) is 1. The van der Waals surface area contributed by atoms with Crippen LogP contribution in [0.5, 0.6) is 0 Å². The third kappa shape index (κ3) is 5.22. The molecule has 3 amide bonds. The fourth-order valence-electron chi connectivity index (χ4n) is 3.79. The van der Waals surface area contributed by atoms with Crippen LogP contribution in [-0.2, 0) is 11.3 Å². The average molecular weight is 373 g/mol. The number of urea groups is 1. The molecular formula is C21H31N3O3. The predicted octanol–water partition coefficient (Wildman–Crippen LogP) is 2.88. The lowest BCUT2D eigenvalue weighted by Gasteiger charge is -2.35. The highest BCUT2D eigenvalue weighted by atomic mass is 16.5. The first-order valence-corrected chi connectivity index (χ1v) is 9.99. The number of ether oxygens (including phenoxy) is 1. The van der Waals surface area contributed by atoms with Gasteiger partial charge in [-0.3, -0.25) is 4.79 Å². The quantitative estimate of drug-likeness (QED) is 0.886. The molecule has 2 atom stereocenters. The van der Waals surface area contributed by atoms with Gasteiger partial charge in [-0.1, -0.05) is 19.1 Å². The van der Waals surface area contributed by atoms with E-state index in [1.165, 1.54) is 0 Å². The van der Waals surface area contributed by atoms with E-state index in [2.05, 4.69) is 12.2 Å². The number of carbonyl (C=O) groups is 2. The summed E-state index contributed by atoms with van der Waals surface area (Å²) in [6.45, 7) is 9.59. The van der Waals surface area contributed by atoms with Gasteiger partial charge in [0.15, 0.2) is 0 Å². The second-order valence-corrected chi connectivity index (χ2v) is 7.99. The lowest BCUT2D eigenvalue weighted by atomic mass is 10.00. The van der Waals surface area contributed by atoms with Crippen LogP contribution in [0.2, 0.25) is 0 Å². The highest BCUT2D eigenvalue weighted by Crippen LogP contribution is 2.17. The van der Waals surface area contributed by atoms with E-state index in [9.17, 15) is 9.59 Å². The first-order valence-electron chi connectivity index (χ1n) is 9.99. The van der Waals surface area contributed by atoms with Crippen molar-refractivity contribution in [2.24, 2.45) is 5.92 Å². The fraction of sp³-hybridized carbons (Fsp3) is 0.619. The largest absolute Gasteiger partial charge is 0.372 e. The van der Waals surface area contributed by atoms with Gasteiger partial charge in [-0.25, -0.2) is 4.79 Å². The highest BCUT2D eigenvalue weighted by Gasteiger charge is 2.26. The van der Waals surface area contributed by atoms with Gasteiger partial charge in [-0.15, -0.1) is 0 Å². The average Bonchev–Trinajstić information content (AvgIpc) is 2.66. The molecule has 2 aliphatic heterocycles. The summed E-state index contributed by atoms with van der Waals surface area (Å²) in [5, 5.41) is 2.98. The normalized spacial score (nSPS) is 24.0. The third-order valence-electron chi connectivity index (χ3n) is 5.42. The number of piperidine rings is 1. The molecule has 1 aromatic carbocycles. The molecule has 6 heteroatoms. The minimum Gasteiger partial charge on any atom is -0.372 e. The summed E-state index contributed by atoms with van der Waals surface area (Å²) in [6.07, 6.45) is 2.27. The van der Waals surface area contributed by atoms with Gasteiger partial charge < -0.3 is 19.9 Å². The number of morpholine rings is 1. The Bertz CT molecular complexity index is 643. The van der Waals surface area contributed by atoms with E-state index in [-0.39, 0.29) is 24.1 Å². The summed E-state index contributed by atoms with van der Waals surface area (Å²) < 4.78 is 5.69. The van der Waals surface area contributed by atoms with Crippen LogP contribution in [-0.4, -0.2) is 60.1 Å². The Morgan fingerprint density at radius 1 is 1.00 bits per heavy atom. The zero-order valence-electron chi connectivity index (χ0n) is 16.6. The minimum absolute atomic E-state index is 0.00153. The van der Waals surface area contributed by atoms with Gasteiger partial charge in [0, 0.05) is 38.3 Å². The Morgan fingerprint density at radius 2 is 1.59 bits per heavy atom. The summed E-state index contributed by atoms with van der Waals surface area (Å²) in [4.78, 5) is 28.7. The van der Waals surface area contributed by atoms with Crippen LogP contribution < -0.4 is 5.32 Å². The highest BCUT2D eigenvalue weighted by molar-refractivity contribution is 5.94. The summed E-state index contributed by atoms with van der Waals surface area (Å²) >= 11 is 0. The van der Waals surface area contributed by atoms with Crippen LogP contribution in [0.1, 0.15) is 49.5 Å². The van der Waals surface area contributed by atoms with E-state index >= 15 is 0 Å². The molecule has 2 unspecified atom stereocenters. The molecule has 0 saturated carbocycles. The van der Waals surface area contributed by atoms with Crippen LogP contribution in [0, 0.1) is 5.92 Å². The molecule has 6 nitrogen and oxygen atoms in total. The Balaban J connectivity index is 1.51. The molecule has 0 aromatic heterocycles. The van der Waals surface area contributed by atoms with Crippen molar-refractivity contribution >= 4 is 11.9 Å². The molecule has 1 N–H and O–H groups in total. The summed E-state index contributed by atoms with van der Waals surface area (Å²) in [5.41, 5.74) is 1.67. The van der Waals surface area contributed by atoms with Crippen molar-refractivity contribution in [3.63, 3.8) is 0 Å². The Labute approximate surface area is 161 Å². The van der Waals surface area contributed by atoms with Gasteiger partial charge in [0.2, 0.25) is 0 Å². The van der Waals surface area contributed by atoms with Gasteiger partial charge in [0.05, 0.1) is 12.2 Å². The van der Waals surface area contributed by atoms with Crippen LogP contribution in [0.25, 0.3) is 0 Å². The number of amides is 3. The van der Waals surface area contributed by atoms with Crippen molar-refractivity contribution in [1.29, 1.82) is 0 Å². The molecule has 27 heavy (non-hydrogen) atoms. The standard InChI is InChI=1S/C21H31N3O3/c1-15-8-10-23(11-9-15)21(26)22-12-18-4-6-19(7-5-18)20(25)24-13-16(2)27-17(3)14-24/h4-7,15-17H,8-14H2,1-3H3,(H,22,26). The number of hydrogen-bond acceptors (Lipinski definition) is 3. The number of rotatable bonds is 3. The van der Waals surface area contributed by atoms with Gasteiger partial charge in [-0.2, -0.15) is 0 Å². The van der Waals surface area contributed by atoms with Crippen molar-refractivity contribution < 1.29 is 14.3 Å².